The third-order valence-electron chi connectivity index (χ3n) is 4.05. The number of aryl methyl sites for hydroxylation is 1. The van der Waals surface area contributed by atoms with Gasteiger partial charge in [0, 0.05) is 18.7 Å². The molecule has 1 saturated heterocycles. The number of ether oxygens (including phenoxy) is 2. The molecule has 1 aromatic rings. The third kappa shape index (κ3) is 5.80. The predicted molar refractivity (Wildman–Crippen MR) is 95.2 cm³/mol. The van der Waals surface area contributed by atoms with Crippen LogP contribution in [-0.4, -0.2) is 37.8 Å². The van der Waals surface area contributed by atoms with Crippen LogP contribution < -0.4 is 15.4 Å². The normalized spacial score (nSPS) is 19.1. The zero-order valence-electron chi connectivity index (χ0n) is 15.2. The lowest BCUT2D eigenvalue weighted by molar-refractivity contribution is -0.126. The molecule has 0 aliphatic carbocycles. The highest BCUT2D eigenvalue weighted by molar-refractivity contribution is 5.82. The molecular formula is C19H30N2O3. The molecule has 1 aliphatic rings. The summed E-state index contributed by atoms with van der Waals surface area (Å²) in [6.07, 6.45) is 1.15. The maximum Gasteiger partial charge on any atom is 0.239 e. The number of rotatable bonds is 7. The van der Waals surface area contributed by atoms with E-state index in [4.69, 9.17) is 9.47 Å². The van der Waals surface area contributed by atoms with Crippen LogP contribution in [0.1, 0.15) is 38.3 Å². The largest absolute Gasteiger partial charge is 0.490 e. The van der Waals surface area contributed by atoms with Gasteiger partial charge in [0.25, 0.3) is 0 Å². The average Bonchev–Trinajstić information content (AvgIpc) is 2.54. The summed E-state index contributed by atoms with van der Waals surface area (Å²) in [5.74, 6) is 1.41. The van der Waals surface area contributed by atoms with Crippen molar-refractivity contribution in [1.29, 1.82) is 0 Å². The van der Waals surface area contributed by atoms with Crippen LogP contribution in [0.15, 0.2) is 18.2 Å². The summed E-state index contributed by atoms with van der Waals surface area (Å²) in [5.41, 5.74) is 2.15. The second kappa shape index (κ2) is 9.04. The lowest BCUT2D eigenvalue weighted by atomic mass is 10.1. The fourth-order valence-electron chi connectivity index (χ4n) is 2.89. The van der Waals surface area contributed by atoms with E-state index < -0.39 is 0 Å². The summed E-state index contributed by atoms with van der Waals surface area (Å²) >= 11 is 0. The van der Waals surface area contributed by atoms with Gasteiger partial charge in [-0.1, -0.05) is 26.0 Å². The SMILES string of the molecule is Cc1ccc(CNC(=O)C2COCCN2)c(OC(C)CC(C)C)c1. The summed E-state index contributed by atoms with van der Waals surface area (Å²) in [5, 5.41) is 6.15. The van der Waals surface area contributed by atoms with Crippen LogP contribution in [0.2, 0.25) is 0 Å². The summed E-state index contributed by atoms with van der Waals surface area (Å²) in [7, 11) is 0. The highest BCUT2D eigenvalue weighted by Crippen LogP contribution is 2.23. The second-order valence-corrected chi connectivity index (χ2v) is 6.97. The van der Waals surface area contributed by atoms with E-state index in [1.165, 1.54) is 0 Å². The minimum Gasteiger partial charge on any atom is -0.490 e. The van der Waals surface area contributed by atoms with Crippen LogP contribution in [0.4, 0.5) is 0 Å². The lowest BCUT2D eigenvalue weighted by Gasteiger charge is -2.23. The fourth-order valence-corrected chi connectivity index (χ4v) is 2.89. The van der Waals surface area contributed by atoms with Crippen molar-refractivity contribution in [3.8, 4) is 5.75 Å². The number of hydrogen-bond donors (Lipinski definition) is 2. The Morgan fingerprint density at radius 2 is 2.21 bits per heavy atom. The van der Waals surface area contributed by atoms with Crippen molar-refractivity contribution in [1.82, 2.24) is 10.6 Å². The molecule has 0 spiro atoms. The summed E-state index contributed by atoms with van der Waals surface area (Å²) in [6.45, 7) is 10.8. The van der Waals surface area contributed by atoms with E-state index in [9.17, 15) is 4.79 Å². The molecule has 2 atom stereocenters. The van der Waals surface area contributed by atoms with Crippen LogP contribution in [0, 0.1) is 12.8 Å². The molecule has 2 unspecified atom stereocenters. The molecule has 1 amide bonds. The van der Waals surface area contributed by atoms with E-state index in [1.807, 2.05) is 25.1 Å². The highest BCUT2D eigenvalue weighted by Gasteiger charge is 2.21. The van der Waals surface area contributed by atoms with Crippen LogP contribution in [0.25, 0.3) is 0 Å². The van der Waals surface area contributed by atoms with E-state index in [2.05, 4.69) is 31.4 Å². The predicted octanol–water partition coefficient (Wildman–Crippen LogP) is 2.41. The third-order valence-corrected chi connectivity index (χ3v) is 4.05. The Bertz CT molecular complexity index is 539. The van der Waals surface area contributed by atoms with Crippen LogP contribution in [-0.2, 0) is 16.1 Å². The molecule has 1 fully saturated rings. The van der Waals surface area contributed by atoms with Gasteiger partial charge in [-0.05, 0) is 37.8 Å². The van der Waals surface area contributed by atoms with Crippen molar-refractivity contribution in [2.24, 2.45) is 5.92 Å². The maximum absolute atomic E-state index is 12.2. The van der Waals surface area contributed by atoms with Crippen molar-refractivity contribution < 1.29 is 14.3 Å². The number of nitrogens with one attached hydrogen (secondary N) is 2. The van der Waals surface area contributed by atoms with Gasteiger partial charge in [-0.3, -0.25) is 4.79 Å². The maximum atomic E-state index is 12.2. The molecule has 0 aromatic heterocycles. The zero-order valence-corrected chi connectivity index (χ0v) is 15.2. The molecule has 1 heterocycles. The molecule has 24 heavy (non-hydrogen) atoms. The van der Waals surface area contributed by atoms with Gasteiger partial charge in [0.2, 0.25) is 5.91 Å². The zero-order chi connectivity index (χ0) is 17.5. The number of hydrogen-bond acceptors (Lipinski definition) is 4. The Balaban J connectivity index is 1.97. The number of carbonyl (C=O) groups is 1. The standard InChI is InChI=1S/C19H30N2O3/c1-13(2)9-15(4)24-18-10-14(3)5-6-16(18)11-21-19(22)17-12-23-8-7-20-17/h5-6,10,13,15,17,20H,7-9,11-12H2,1-4H3,(H,21,22). The number of benzene rings is 1. The highest BCUT2D eigenvalue weighted by atomic mass is 16.5. The Hall–Kier alpha value is -1.59. The molecule has 1 aromatic carbocycles. The summed E-state index contributed by atoms with van der Waals surface area (Å²) in [4.78, 5) is 12.2. The van der Waals surface area contributed by atoms with Crippen molar-refractivity contribution >= 4 is 5.91 Å². The van der Waals surface area contributed by atoms with Crippen LogP contribution in [0.3, 0.4) is 0 Å². The van der Waals surface area contributed by atoms with E-state index >= 15 is 0 Å². The summed E-state index contributed by atoms with van der Waals surface area (Å²) < 4.78 is 11.5. The number of morpholine rings is 1. The van der Waals surface area contributed by atoms with Crippen LogP contribution >= 0.6 is 0 Å². The monoisotopic (exact) mass is 334 g/mol. The van der Waals surface area contributed by atoms with Crippen LogP contribution in [0.5, 0.6) is 5.75 Å². The molecule has 134 valence electrons. The first-order chi connectivity index (χ1) is 11.5. The van der Waals surface area contributed by atoms with Gasteiger partial charge in [0.05, 0.1) is 19.3 Å². The molecule has 0 saturated carbocycles. The fraction of sp³-hybridized carbons (Fsp3) is 0.632. The Labute approximate surface area is 145 Å². The van der Waals surface area contributed by atoms with Crippen molar-refractivity contribution in [3.05, 3.63) is 29.3 Å². The van der Waals surface area contributed by atoms with Gasteiger partial charge >= 0.3 is 0 Å². The number of carbonyl (C=O) groups excluding carboxylic acids is 1. The smallest absolute Gasteiger partial charge is 0.239 e. The quantitative estimate of drug-likeness (QED) is 0.804. The van der Waals surface area contributed by atoms with Gasteiger partial charge in [-0.15, -0.1) is 0 Å². The molecular weight excluding hydrogens is 304 g/mol. The lowest BCUT2D eigenvalue weighted by Crippen LogP contribution is -2.51. The first kappa shape index (κ1) is 18.7. The molecule has 0 radical (unpaired) electrons. The minimum absolute atomic E-state index is 0.0311. The first-order valence-electron chi connectivity index (χ1n) is 8.80. The van der Waals surface area contributed by atoms with E-state index in [1.54, 1.807) is 0 Å². The van der Waals surface area contributed by atoms with Crippen molar-refractivity contribution in [2.45, 2.75) is 52.8 Å². The van der Waals surface area contributed by atoms with Gasteiger partial charge < -0.3 is 20.1 Å². The Morgan fingerprint density at radius 1 is 1.42 bits per heavy atom. The molecule has 2 N–H and O–H groups in total. The molecule has 5 heteroatoms. The Kier molecular flexibility index (Phi) is 7.06. The topological polar surface area (TPSA) is 59.6 Å². The minimum atomic E-state index is -0.270. The van der Waals surface area contributed by atoms with Crippen molar-refractivity contribution in [3.63, 3.8) is 0 Å². The molecule has 5 nitrogen and oxygen atoms in total. The van der Waals surface area contributed by atoms with E-state index in [-0.39, 0.29) is 18.1 Å². The van der Waals surface area contributed by atoms with Gasteiger partial charge in [-0.2, -0.15) is 0 Å². The first-order valence-corrected chi connectivity index (χ1v) is 8.80. The Morgan fingerprint density at radius 3 is 2.88 bits per heavy atom. The van der Waals surface area contributed by atoms with E-state index in [0.29, 0.717) is 32.2 Å². The summed E-state index contributed by atoms with van der Waals surface area (Å²) in [6, 6.07) is 5.84. The molecule has 1 aliphatic heterocycles. The van der Waals surface area contributed by atoms with E-state index in [0.717, 1.165) is 23.3 Å². The molecule has 0 bridgehead atoms. The van der Waals surface area contributed by atoms with Gasteiger partial charge in [-0.25, -0.2) is 0 Å². The average molecular weight is 334 g/mol. The number of amides is 1. The second-order valence-electron chi connectivity index (χ2n) is 6.97. The van der Waals surface area contributed by atoms with Crippen molar-refractivity contribution in [2.75, 3.05) is 19.8 Å². The van der Waals surface area contributed by atoms with Gasteiger partial charge in [0.1, 0.15) is 11.8 Å². The molecule has 2 rings (SSSR count). The van der Waals surface area contributed by atoms with Gasteiger partial charge in [0.15, 0.2) is 0 Å².